The maximum atomic E-state index is 6.08. The molecule has 1 aliphatic carbocycles. The van der Waals surface area contributed by atoms with Crippen LogP contribution in [0.1, 0.15) is 32.1 Å². The molecule has 19 heavy (non-hydrogen) atoms. The van der Waals surface area contributed by atoms with Crippen molar-refractivity contribution in [3.05, 3.63) is 12.1 Å². The van der Waals surface area contributed by atoms with Crippen LogP contribution in [0.3, 0.4) is 0 Å². The van der Waals surface area contributed by atoms with E-state index in [9.17, 15) is 0 Å². The number of anilines is 2. The highest BCUT2D eigenvalue weighted by atomic mass is 16.5. The van der Waals surface area contributed by atoms with Crippen molar-refractivity contribution < 1.29 is 4.74 Å². The lowest BCUT2D eigenvalue weighted by Crippen LogP contribution is -2.42. The highest BCUT2D eigenvalue weighted by Crippen LogP contribution is 2.38. The summed E-state index contributed by atoms with van der Waals surface area (Å²) in [7, 11) is 1.65. The number of piperidine rings is 1. The molecule has 0 amide bonds. The lowest BCUT2D eigenvalue weighted by molar-refractivity contribution is 0.202. The van der Waals surface area contributed by atoms with E-state index in [4.69, 9.17) is 10.5 Å². The minimum Gasteiger partial charge on any atom is -0.481 e. The summed E-state index contributed by atoms with van der Waals surface area (Å²) in [4.78, 5) is 6.88. The molecule has 1 aliphatic heterocycles. The van der Waals surface area contributed by atoms with Crippen LogP contribution >= 0.6 is 0 Å². The summed E-state index contributed by atoms with van der Waals surface area (Å²) in [5, 5.41) is 0. The first-order chi connectivity index (χ1) is 9.28. The Balaban J connectivity index is 1.79. The van der Waals surface area contributed by atoms with Gasteiger partial charge in [0.05, 0.1) is 12.8 Å². The third-order valence-corrected chi connectivity index (χ3v) is 4.68. The number of rotatable bonds is 2. The van der Waals surface area contributed by atoms with Crippen LogP contribution in [0.5, 0.6) is 5.88 Å². The van der Waals surface area contributed by atoms with Gasteiger partial charge in [-0.2, -0.15) is 4.98 Å². The van der Waals surface area contributed by atoms with E-state index in [-0.39, 0.29) is 0 Å². The van der Waals surface area contributed by atoms with Gasteiger partial charge < -0.3 is 15.4 Å². The first-order valence-corrected chi connectivity index (χ1v) is 7.33. The first-order valence-electron chi connectivity index (χ1n) is 7.33. The molecule has 1 saturated carbocycles. The molecule has 0 aromatic carbocycles. The zero-order valence-corrected chi connectivity index (χ0v) is 11.6. The van der Waals surface area contributed by atoms with Gasteiger partial charge in [0.2, 0.25) is 5.88 Å². The molecule has 0 bridgehead atoms. The Labute approximate surface area is 115 Å². The standard InChI is InChI=1S/C15H23N3O/c1-19-14-7-6-13(16)15(17-14)18-9-8-11-4-2-3-5-12(11)10-18/h6-7,11-12H,2-5,8-10,16H2,1H3. The van der Waals surface area contributed by atoms with Crippen molar-refractivity contribution in [3.8, 4) is 5.88 Å². The van der Waals surface area contributed by atoms with E-state index in [1.165, 1.54) is 32.1 Å². The summed E-state index contributed by atoms with van der Waals surface area (Å²) < 4.78 is 5.21. The molecule has 0 radical (unpaired) electrons. The molecule has 4 heteroatoms. The van der Waals surface area contributed by atoms with E-state index in [0.717, 1.165) is 36.4 Å². The number of nitrogens with two attached hydrogens (primary N) is 1. The minimum absolute atomic E-state index is 0.648. The lowest BCUT2D eigenvalue weighted by Gasteiger charge is -2.42. The Kier molecular flexibility index (Phi) is 3.49. The minimum atomic E-state index is 0.648. The molecule has 104 valence electrons. The molecule has 1 aromatic heterocycles. The number of fused-ring (bicyclic) bond motifs is 1. The van der Waals surface area contributed by atoms with Crippen molar-refractivity contribution in [1.82, 2.24) is 4.98 Å². The monoisotopic (exact) mass is 261 g/mol. The van der Waals surface area contributed by atoms with Gasteiger partial charge >= 0.3 is 0 Å². The quantitative estimate of drug-likeness (QED) is 0.889. The molecule has 3 rings (SSSR count). The molecule has 1 aromatic rings. The summed E-state index contributed by atoms with van der Waals surface area (Å²) in [5.74, 6) is 3.31. The van der Waals surface area contributed by atoms with Crippen molar-refractivity contribution in [2.24, 2.45) is 11.8 Å². The Hall–Kier alpha value is -1.45. The van der Waals surface area contributed by atoms with Crippen LogP contribution in [0, 0.1) is 11.8 Å². The molecular formula is C15H23N3O. The van der Waals surface area contributed by atoms with Crippen molar-refractivity contribution in [1.29, 1.82) is 0 Å². The molecule has 2 N–H and O–H groups in total. The molecule has 0 spiro atoms. The zero-order chi connectivity index (χ0) is 13.2. The van der Waals surface area contributed by atoms with E-state index >= 15 is 0 Å². The fraction of sp³-hybridized carbons (Fsp3) is 0.667. The van der Waals surface area contributed by atoms with Gasteiger partial charge in [-0.05, 0) is 30.7 Å². The second-order valence-corrected chi connectivity index (χ2v) is 5.81. The molecule has 2 aliphatic rings. The maximum Gasteiger partial charge on any atom is 0.215 e. The van der Waals surface area contributed by atoms with Crippen LogP contribution in [0.4, 0.5) is 11.5 Å². The van der Waals surface area contributed by atoms with Crippen LogP contribution in [0.2, 0.25) is 0 Å². The predicted molar refractivity (Wildman–Crippen MR) is 77.5 cm³/mol. The van der Waals surface area contributed by atoms with Crippen LogP contribution in [-0.2, 0) is 0 Å². The molecule has 2 heterocycles. The van der Waals surface area contributed by atoms with Gasteiger partial charge in [0.1, 0.15) is 0 Å². The summed E-state index contributed by atoms with van der Waals surface area (Å²) in [6.07, 6.45) is 6.87. The summed E-state index contributed by atoms with van der Waals surface area (Å²) >= 11 is 0. The normalized spacial score (nSPS) is 26.9. The highest BCUT2D eigenvalue weighted by molar-refractivity contribution is 5.63. The average Bonchev–Trinajstić information content (AvgIpc) is 2.47. The largest absolute Gasteiger partial charge is 0.481 e. The van der Waals surface area contributed by atoms with Gasteiger partial charge in [-0.25, -0.2) is 0 Å². The van der Waals surface area contributed by atoms with Gasteiger partial charge in [0.15, 0.2) is 5.82 Å². The number of ether oxygens (including phenoxy) is 1. The molecular weight excluding hydrogens is 238 g/mol. The lowest BCUT2D eigenvalue weighted by atomic mass is 9.75. The third-order valence-electron chi connectivity index (χ3n) is 4.68. The van der Waals surface area contributed by atoms with Gasteiger partial charge in [-0.15, -0.1) is 0 Å². The number of nitrogens with zero attached hydrogens (tertiary/aromatic N) is 2. The van der Waals surface area contributed by atoms with E-state index in [1.54, 1.807) is 7.11 Å². The Morgan fingerprint density at radius 1 is 1.21 bits per heavy atom. The molecule has 2 atom stereocenters. The van der Waals surface area contributed by atoms with E-state index in [1.807, 2.05) is 12.1 Å². The number of hydrogen-bond donors (Lipinski definition) is 1. The van der Waals surface area contributed by atoms with Crippen LogP contribution < -0.4 is 15.4 Å². The average molecular weight is 261 g/mol. The van der Waals surface area contributed by atoms with Crippen LogP contribution in [-0.4, -0.2) is 25.2 Å². The van der Waals surface area contributed by atoms with Gasteiger partial charge in [-0.3, -0.25) is 0 Å². The number of aromatic nitrogens is 1. The van der Waals surface area contributed by atoms with Crippen molar-refractivity contribution >= 4 is 11.5 Å². The maximum absolute atomic E-state index is 6.08. The SMILES string of the molecule is COc1ccc(N)c(N2CCC3CCCCC3C2)n1. The van der Waals surface area contributed by atoms with Crippen LogP contribution in [0.15, 0.2) is 12.1 Å². The van der Waals surface area contributed by atoms with Gasteiger partial charge in [0, 0.05) is 19.2 Å². The zero-order valence-electron chi connectivity index (χ0n) is 11.6. The van der Waals surface area contributed by atoms with Crippen molar-refractivity contribution in [2.45, 2.75) is 32.1 Å². The number of nitrogen functional groups attached to an aromatic ring is 1. The van der Waals surface area contributed by atoms with Gasteiger partial charge in [-0.1, -0.05) is 19.3 Å². The highest BCUT2D eigenvalue weighted by Gasteiger charge is 2.32. The number of methoxy groups -OCH3 is 1. The molecule has 1 saturated heterocycles. The Bertz CT molecular complexity index is 449. The number of hydrogen-bond acceptors (Lipinski definition) is 4. The fourth-order valence-corrected chi connectivity index (χ4v) is 3.60. The first kappa shape index (κ1) is 12.6. The Morgan fingerprint density at radius 2 is 2.00 bits per heavy atom. The summed E-state index contributed by atoms with van der Waals surface area (Å²) in [5.41, 5.74) is 6.84. The van der Waals surface area contributed by atoms with E-state index < -0.39 is 0 Å². The molecule has 2 unspecified atom stereocenters. The second-order valence-electron chi connectivity index (χ2n) is 5.81. The topological polar surface area (TPSA) is 51.4 Å². The van der Waals surface area contributed by atoms with E-state index in [2.05, 4.69) is 9.88 Å². The summed E-state index contributed by atoms with van der Waals surface area (Å²) in [6, 6.07) is 3.72. The molecule has 4 nitrogen and oxygen atoms in total. The third kappa shape index (κ3) is 2.48. The van der Waals surface area contributed by atoms with Gasteiger partial charge in [0.25, 0.3) is 0 Å². The van der Waals surface area contributed by atoms with E-state index in [0.29, 0.717) is 5.88 Å². The van der Waals surface area contributed by atoms with Crippen molar-refractivity contribution in [2.75, 3.05) is 30.8 Å². The smallest absolute Gasteiger partial charge is 0.215 e. The fourth-order valence-electron chi connectivity index (χ4n) is 3.60. The van der Waals surface area contributed by atoms with Crippen LogP contribution in [0.25, 0.3) is 0 Å². The second kappa shape index (κ2) is 5.27. The number of pyridine rings is 1. The summed E-state index contributed by atoms with van der Waals surface area (Å²) in [6.45, 7) is 2.18. The predicted octanol–water partition coefficient (Wildman–Crippen LogP) is 2.69. The Morgan fingerprint density at radius 3 is 2.79 bits per heavy atom. The van der Waals surface area contributed by atoms with Crippen molar-refractivity contribution in [3.63, 3.8) is 0 Å². The molecule has 2 fully saturated rings.